The number of carbonyl (C=O) groups excluding carboxylic acids is 1. The molecule has 1 aromatic carbocycles. The van der Waals surface area contributed by atoms with E-state index in [1.165, 1.54) is 5.56 Å². The van der Waals surface area contributed by atoms with Gasteiger partial charge in [-0.1, -0.05) is 51.1 Å². The molecule has 1 aliphatic heterocycles. The number of aromatic amines is 1. The first-order valence-corrected chi connectivity index (χ1v) is 10.4. The topological polar surface area (TPSA) is 78.1 Å². The van der Waals surface area contributed by atoms with E-state index in [0.717, 1.165) is 38.9 Å². The molecule has 2 aromatic rings. The number of aryl methyl sites for hydroxylation is 1. The van der Waals surface area contributed by atoms with Crippen molar-refractivity contribution in [2.45, 2.75) is 58.4 Å². The summed E-state index contributed by atoms with van der Waals surface area (Å²) in [6.45, 7) is 10.6. The van der Waals surface area contributed by atoms with Gasteiger partial charge in [-0.25, -0.2) is 4.98 Å². The van der Waals surface area contributed by atoms with Crippen molar-refractivity contribution < 1.29 is 4.79 Å². The number of carbonyl (C=O) groups is 1. The average molecular weight is 397 g/mol. The Morgan fingerprint density at radius 1 is 1.21 bits per heavy atom. The van der Waals surface area contributed by atoms with Crippen LogP contribution in [0.5, 0.6) is 0 Å². The Morgan fingerprint density at radius 2 is 1.86 bits per heavy atom. The van der Waals surface area contributed by atoms with Crippen LogP contribution in [0, 0.1) is 6.92 Å². The SMILES string of the molecule is Cc1nc(C(C)(C)C)[nH]c(=O)c1C(=O)NC1CCN(CCc2ccccc2)CC1. The summed E-state index contributed by atoms with van der Waals surface area (Å²) in [4.78, 5) is 34.9. The molecule has 1 aliphatic rings. The molecule has 2 heterocycles. The molecular weight excluding hydrogens is 364 g/mol. The second-order valence-electron chi connectivity index (χ2n) is 8.95. The van der Waals surface area contributed by atoms with Crippen molar-refractivity contribution in [1.82, 2.24) is 20.2 Å². The molecule has 0 bridgehead atoms. The molecule has 1 fully saturated rings. The number of rotatable bonds is 5. The second-order valence-corrected chi connectivity index (χ2v) is 8.95. The lowest BCUT2D eigenvalue weighted by atomic mass is 9.95. The Morgan fingerprint density at radius 3 is 2.45 bits per heavy atom. The first-order valence-electron chi connectivity index (χ1n) is 10.4. The number of hydrogen-bond donors (Lipinski definition) is 2. The number of benzene rings is 1. The van der Waals surface area contributed by atoms with Crippen LogP contribution in [0.2, 0.25) is 0 Å². The van der Waals surface area contributed by atoms with Gasteiger partial charge in [-0.05, 0) is 31.7 Å². The van der Waals surface area contributed by atoms with Gasteiger partial charge in [-0.3, -0.25) is 9.59 Å². The van der Waals surface area contributed by atoms with Gasteiger partial charge in [0.05, 0.1) is 5.69 Å². The minimum absolute atomic E-state index is 0.0940. The summed E-state index contributed by atoms with van der Waals surface area (Å²) in [5.41, 5.74) is 1.33. The van der Waals surface area contributed by atoms with Crippen LogP contribution in [0.3, 0.4) is 0 Å². The molecule has 0 saturated carbocycles. The van der Waals surface area contributed by atoms with E-state index in [-0.39, 0.29) is 28.5 Å². The summed E-state index contributed by atoms with van der Waals surface area (Å²) in [6, 6.07) is 10.6. The molecule has 0 unspecified atom stereocenters. The third-order valence-corrected chi connectivity index (χ3v) is 5.52. The zero-order chi connectivity index (χ0) is 21.0. The summed E-state index contributed by atoms with van der Waals surface area (Å²) < 4.78 is 0. The van der Waals surface area contributed by atoms with Gasteiger partial charge in [0, 0.05) is 31.1 Å². The maximum absolute atomic E-state index is 12.7. The summed E-state index contributed by atoms with van der Waals surface area (Å²) in [7, 11) is 0. The summed E-state index contributed by atoms with van der Waals surface area (Å²) in [5, 5.41) is 3.04. The van der Waals surface area contributed by atoms with E-state index >= 15 is 0 Å². The number of aromatic nitrogens is 2. The van der Waals surface area contributed by atoms with Gasteiger partial charge in [0.25, 0.3) is 11.5 Å². The normalized spacial score (nSPS) is 16.0. The third kappa shape index (κ3) is 5.54. The zero-order valence-corrected chi connectivity index (χ0v) is 17.9. The summed E-state index contributed by atoms with van der Waals surface area (Å²) >= 11 is 0. The van der Waals surface area contributed by atoms with Crippen LogP contribution < -0.4 is 10.9 Å². The van der Waals surface area contributed by atoms with Crippen molar-refractivity contribution in [3.8, 4) is 0 Å². The number of H-pyrrole nitrogens is 1. The van der Waals surface area contributed by atoms with Crippen molar-refractivity contribution in [2.24, 2.45) is 0 Å². The maximum atomic E-state index is 12.7. The Kier molecular flexibility index (Phi) is 6.52. The van der Waals surface area contributed by atoms with E-state index in [4.69, 9.17) is 0 Å². The number of nitrogens with one attached hydrogen (secondary N) is 2. The summed E-state index contributed by atoms with van der Waals surface area (Å²) in [5.74, 6) is 0.280. The van der Waals surface area contributed by atoms with Crippen molar-refractivity contribution in [1.29, 1.82) is 0 Å². The highest BCUT2D eigenvalue weighted by molar-refractivity contribution is 5.95. The predicted octanol–water partition coefficient (Wildman–Crippen LogP) is 2.81. The molecule has 1 saturated heterocycles. The molecule has 0 atom stereocenters. The van der Waals surface area contributed by atoms with Gasteiger partial charge < -0.3 is 15.2 Å². The van der Waals surface area contributed by atoms with Gasteiger partial charge in [0.2, 0.25) is 0 Å². The Balaban J connectivity index is 1.54. The first kappa shape index (κ1) is 21.2. The van der Waals surface area contributed by atoms with E-state index in [9.17, 15) is 9.59 Å². The van der Waals surface area contributed by atoms with Crippen molar-refractivity contribution >= 4 is 5.91 Å². The van der Waals surface area contributed by atoms with Crippen LogP contribution in [0.15, 0.2) is 35.1 Å². The zero-order valence-electron chi connectivity index (χ0n) is 17.9. The largest absolute Gasteiger partial charge is 0.349 e. The third-order valence-electron chi connectivity index (χ3n) is 5.52. The van der Waals surface area contributed by atoms with Crippen LogP contribution in [-0.4, -0.2) is 46.5 Å². The standard InChI is InChI=1S/C23H32N4O2/c1-16-19(21(29)26-22(24-16)23(2,3)4)20(28)25-18-11-14-27(15-12-18)13-10-17-8-6-5-7-9-17/h5-9,18H,10-15H2,1-4H3,(H,25,28)(H,24,26,29). The smallest absolute Gasteiger partial charge is 0.264 e. The minimum atomic E-state index is -0.361. The number of amides is 1. The van der Waals surface area contributed by atoms with Gasteiger partial charge in [-0.15, -0.1) is 0 Å². The van der Waals surface area contributed by atoms with E-state index in [1.54, 1.807) is 6.92 Å². The van der Waals surface area contributed by atoms with Gasteiger partial charge >= 0.3 is 0 Å². The Labute approximate surface area is 172 Å². The molecule has 156 valence electrons. The Bertz CT molecular complexity index is 891. The molecule has 0 aliphatic carbocycles. The molecule has 29 heavy (non-hydrogen) atoms. The minimum Gasteiger partial charge on any atom is -0.349 e. The van der Waals surface area contributed by atoms with Crippen LogP contribution in [-0.2, 0) is 11.8 Å². The number of hydrogen-bond acceptors (Lipinski definition) is 4. The number of piperidine rings is 1. The predicted molar refractivity (Wildman–Crippen MR) is 115 cm³/mol. The lowest BCUT2D eigenvalue weighted by Gasteiger charge is -2.32. The average Bonchev–Trinajstić information content (AvgIpc) is 2.67. The monoisotopic (exact) mass is 396 g/mol. The fourth-order valence-electron chi connectivity index (χ4n) is 3.70. The second kappa shape index (κ2) is 8.91. The van der Waals surface area contributed by atoms with Crippen LogP contribution in [0.1, 0.15) is 61.1 Å². The number of likely N-dealkylation sites (tertiary alicyclic amines) is 1. The summed E-state index contributed by atoms with van der Waals surface area (Å²) in [6.07, 6.45) is 2.83. The lowest BCUT2D eigenvalue weighted by Crippen LogP contribution is -2.46. The molecule has 0 radical (unpaired) electrons. The fraction of sp³-hybridized carbons (Fsp3) is 0.522. The van der Waals surface area contributed by atoms with Gasteiger partial charge in [0.15, 0.2) is 0 Å². The molecule has 0 spiro atoms. The van der Waals surface area contributed by atoms with Crippen LogP contribution >= 0.6 is 0 Å². The quantitative estimate of drug-likeness (QED) is 0.815. The fourth-order valence-corrected chi connectivity index (χ4v) is 3.70. The van der Waals surface area contributed by atoms with E-state index in [2.05, 4.69) is 44.5 Å². The van der Waals surface area contributed by atoms with Gasteiger partial charge in [0.1, 0.15) is 11.4 Å². The highest BCUT2D eigenvalue weighted by atomic mass is 16.2. The van der Waals surface area contributed by atoms with Gasteiger partial charge in [-0.2, -0.15) is 0 Å². The van der Waals surface area contributed by atoms with Crippen LogP contribution in [0.25, 0.3) is 0 Å². The maximum Gasteiger partial charge on any atom is 0.264 e. The van der Waals surface area contributed by atoms with Crippen LogP contribution in [0.4, 0.5) is 0 Å². The molecular formula is C23H32N4O2. The highest BCUT2D eigenvalue weighted by Crippen LogP contribution is 2.18. The Hall–Kier alpha value is -2.47. The van der Waals surface area contributed by atoms with Crippen molar-refractivity contribution in [3.05, 3.63) is 63.3 Å². The molecule has 1 aromatic heterocycles. The lowest BCUT2D eigenvalue weighted by molar-refractivity contribution is 0.0908. The molecule has 1 amide bonds. The number of nitrogens with zero attached hydrogens (tertiary/aromatic N) is 2. The van der Waals surface area contributed by atoms with E-state index in [0.29, 0.717) is 11.5 Å². The van der Waals surface area contributed by atoms with Crippen molar-refractivity contribution in [2.75, 3.05) is 19.6 Å². The van der Waals surface area contributed by atoms with Crippen molar-refractivity contribution in [3.63, 3.8) is 0 Å². The van der Waals surface area contributed by atoms with E-state index in [1.807, 2.05) is 26.8 Å². The highest BCUT2D eigenvalue weighted by Gasteiger charge is 2.25. The van der Waals surface area contributed by atoms with E-state index < -0.39 is 0 Å². The molecule has 6 nitrogen and oxygen atoms in total. The molecule has 2 N–H and O–H groups in total. The molecule has 6 heteroatoms. The first-order chi connectivity index (χ1) is 13.7. The molecule has 3 rings (SSSR count).